The van der Waals surface area contributed by atoms with E-state index in [-0.39, 0.29) is 40.3 Å². The van der Waals surface area contributed by atoms with Crippen LogP contribution >= 0.6 is 27.7 Å². The summed E-state index contributed by atoms with van der Waals surface area (Å²) in [6, 6.07) is -1.22. The number of fused-ring (bicyclic) bond motifs is 1. The van der Waals surface area contributed by atoms with Gasteiger partial charge in [0, 0.05) is 36.8 Å². The Kier molecular flexibility index (Phi) is 9.19. The van der Waals surface area contributed by atoms with Crippen LogP contribution in [0.3, 0.4) is 0 Å². The van der Waals surface area contributed by atoms with Gasteiger partial charge in [-0.3, -0.25) is 14.4 Å². The Morgan fingerprint density at radius 3 is 2.49 bits per heavy atom. The second-order valence-corrected chi connectivity index (χ2v) is 13.1. The first-order chi connectivity index (χ1) is 16.6. The molecule has 3 saturated heterocycles. The van der Waals surface area contributed by atoms with E-state index in [9.17, 15) is 19.5 Å². The van der Waals surface area contributed by atoms with E-state index in [1.807, 2.05) is 13.8 Å². The van der Waals surface area contributed by atoms with Gasteiger partial charge in [0.05, 0.1) is 29.2 Å². The molecule has 0 aromatic rings. The fraction of sp³-hybridized carbons (Fsp3) is 0.731. The van der Waals surface area contributed by atoms with Gasteiger partial charge in [0.2, 0.25) is 17.7 Å². The lowest BCUT2D eigenvalue weighted by Gasteiger charge is -2.41. The molecule has 3 rings (SSSR count). The Morgan fingerprint density at radius 2 is 1.94 bits per heavy atom. The van der Waals surface area contributed by atoms with Crippen molar-refractivity contribution in [2.24, 2.45) is 17.8 Å². The van der Waals surface area contributed by atoms with Crippen molar-refractivity contribution >= 4 is 45.4 Å². The van der Waals surface area contributed by atoms with E-state index in [4.69, 9.17) is 0 Å². The van der Waals surface area contributed by atoms with Crippen LogP contribution < -0.4 is 0 Å². The predicted molar refractivity (Wildman–Crippen MR) is 144 cm³/mol. The molecule has 35 heavy (non-hydrogen) atoms. The normalized spacial score (nSPS) is 32.0. The van der Waals surface area contributed by atoms with Crippen LogP contribution in [0.2, 0.25) is 0 Å². The van der Waals surface area contributed by atoms with E-state index in [2.05, 4.69) is 36.0 Å². The molecular formula is C26H40BrN3O4S. The molecule has 0 aromatic heterocycles. The summed E-state index contributed by atoms with van der Waals surface area (Å²) in [5, 5.41) is 10.2. The van der Waals surface area contributed by atoms with Crippen LogP contribution in [-0.4, -0.2) is 97.7 Å². The lowest BCUT2D eigenvalue weighted by Crippen LogP contribution is -2.58. The standard InChI is InChI=1S/C26H40BrN3O4S/c1-7-10-13-29(12-9-3)25(34)22-26-14-17(27)21(35-26)19(23(32)28(6)11-8-2)20(26)24(33)30(22)18(15-31)16(4)5/h8-9,16-22,31H,2-3,7,10-15H2,1,4-6H3/t17?,18-,19+,20-,21+,22?,26?/m0/s1. The number of likely N-dealkylation sites (N-methyl/N-ethyl adjacent to an activating group) is 1. The van der Waals surface area contributed by atoms with Gasteiger partial charge in [-0.05, 0) is 18.8 Å². The summed E-state index contributed by atoms with van der Waals surface area (Å²) in [6.07, 6.45) is 5.83. The molecule has 196 valence electrons. The monoisotopic (exact) mass is 569 g/mol. The third kappa shape index (κ3) is 4.73. The van der Waals surface area contributed by atoms with Gasteiger partial charge in [-0.15, -0.1) is 24.9 Å². The van der Waals surface area contributed by atoms with Gasteiger partial charge in [-0.1, -0.05) is 55.3 Å². The smallest absolute Gasteiger partial charge is 0.247 e. The van der Waals surface area contributed by atoms with Gasteiger partial charge in [-0.2, -0.15) is 0 Å². The molecule has 0 aliphatic carbocycles. The summed E-state index contributed by atoms with van der Waals surface area (Å²) in [5.41, 5.74) is 0. The highest BCUT2D eigenvalue weighted by atomic mass is 79.9. The highest BCUT2D eigenvalue weighted by Crippen LogP contribution is 2.68. The first-order valence-electron chi connectivity index (χ1n) is 12.6. The van der Waals surface area contributed by atoms with Crippen molar-refractivity contribution in [2.45, 2.75) is 66.9 Å². The first kappa shape index (κ1) is 28.3. The molecule has 0 radical (unpaired) electrons. The summed E-state index contributed by atoms with van der Waals surface area (Å²) < 4.78 is -0.712. The number of hydrogen-bond donors (Lipinski definition) is 1. The number of hydrogen-bond acceptors (Lipinski definition) is 5. The van der Waals surface area contributed by atoms with Crippen molar-refractivity contribution in [3.8, 4) is 0 Å². The maximum Gasteiger partial charge on any atom is 0.247 e. The summed E-state index contributed by atoms with van der Waals surface area (Å²) in [6.45, 7) is 14.7. The molecule has 3 aliphatic rings. The van der Waals surface area contributed by atoms with Crippen molar-refractivity contribution in [1.82, 2.24) is 14.7 Å². The number of thioether (sulfide) groups is 1. The molecular weight excluding hydrogens is 530 g/mol. The van der Waals surface area contributed by atoms with Crippen LogP contribution in [0.1, 0.15) is 40.0 Å². The Balaban J connectivity index is 2.12. The molecule has 2 bridgehead atoms. The summed E-state index contributed by atoms with van der Waals surface area (Å²) in [5.74, 6) is -1.52. The number of nitrogens with zero attached hydrogens (tertiary/aromatic N) is 3. The Morgan fingerprint density at radius 1 is 1.29 bits per heavy atom. The largest absolute Gasteiger partial charge is 0.394 e. The van der Waals surface area contributed by atoms with Crippen LogP contribution in [-0.2, 0) is 14.4 Å². The van der Waals surface area contributed by atoms with Gasteiger partial charge >= 0.3 is 0 Å². The second kappa shape index (κ2) is 11.4. The molecule has 1 spiro atoms. The number of rotatable bonds is 12. The highest BCUT2D eigenvalue weighted by Gasteiger charge is 2.76. The van der Waals surface area contributed by atoms with Gasteiger partial charge in [0.1, 0.15) is 6.04 Å². The van der Waals surface area contributed by atoms with E-state index in [0.717, 1.165) is 12.8 Å². The average molecular weight is 571 g/mol. The van der Waals surface area contributed by atoms with Gasteiger partial charge in [0.25, 0.3) is 0 Å². The number of likely N-dealkylation sites (tertiary alicyclic amines) is 1. The molecule has 7 nitrogen and oxygen atoms in total. The van der Waals surface area contributed by atoms with Crippen molar-refractivity contribution in [2.75, 3.05) is 33.3 Å². The fourth-order valence-corrected chi connectivity index (χ4v) is 9.70. The third-order valence-electron chi connectivity index (χ3n) is 7.78. The van der Waals surface area contributed by atoms with E-state index in [1.54, 1.807) is 45.7 Å². The van der Waals surface area contributed by atoms with E-state index in [1.165, 1.54) is 0 Å². The minimum absolute atomic E-state index is 0.0213. The molecule has 0 saturated carbocycles. The number of aliphatic hydroxyl groups excluding tert-OH is 1. The lowest BCUT2D eigenvalue weighted by molar-refractivity contribution is -0.147. The minimum Gasteiger partial charge on any atom is -0.394 e. The summed E-state index contributed by atoms with van der Waals surface area (Å²) >= 11 is 5.44. The highest BCUT2D eigenvalue weighted by molar-refractivity contribution is 9.09. The van der Waals surface area contributed by atoms with Gasteiger partial charge in [-0.25, -0.2) is 0 Å². The molecule has 3 amide bonds. The second-order valence-electron chi connectivity index (χ2n) is 10.3. The maximum absolute atomic E-state index is 14.3. The van der Waals surface area contributed by atoms with Crippen LogP contribution in [0, 0.1) is 17.8 Å². The quantitative estimate of drug-likeness (QED) is 0.288. The molecule has 1 N–H and O–H groups in total. The fourth-order valence-electron chi connectivity index (χ4n) is 6.11. The molecule has 3 aliphatic heterocycles. The zero-order valence-corrected chi connectivity index (χ0v) is 23.8. The maximum atomic E-state index is 14.3. The molecule has 3 fully saturated rings. The van der Waals surface area contributed by atoms with Gasteiger partial charge < -0.3 is 19.8 Å². The Bertz CT molecular complexity index is 854. The predicted octanol–water partition coefficient (Wildman–Crippen LogP) is 2.93. The number of alkyl halides is 1. The van der Waals surface area contributed by atoms with Crippen LogP contribution in [0.5, 0.6) is 0 Å². The Labute approximate surface area is 222 Å². The van der Waals surface area contributed by atoms with Crippen molar-refractivity contribution in [3.63, 3.8) is 0 Å². The number of carbonyl (C=O) groups is 3. The molecule has 7 atom stereocenters. The van der Waals surface area contributed by atoms with E-state index >= 15 is 0 Å². The summed E-state index contributed by atoms with van der Waals surface area (Å²) in [4.78, 5) is 47.1. The van der Waals surface area contributed by atoms with Crippen molar-refractivity contribution in [3.05, 3.63) is 25.3 Å². The lowest BCUT2D eigenvalue weighted by atomic mass is 9.70. The average Bonchev–Trinajstić information content (AvgIpc) is 3.40. The van der Waals surface area contributed by atoms with Crippen molar-refractivity contribution < 1.29 is 19.5 Å². The molecule has 0 aromatic carbocycles. The zero-order valence-electron chi connectivity index (χ0n) is 21.4. The minimum atomic E-state index is -0.728. The topological polar surface area (TPSA) is 81.2 Å². The first-order valence-corrected chi connectivity index (χ1v) is 14.4. The zero-order chi connectivity index (χ0) is 26.1. The number of unbranched alkanes of at least 4 members (excludes halogenated alkanes) is 1. The number of carbonyl (C=O) groups excluding carboxylic acids is 3. The molecule has 3 unspecified atom stereocenters. The molecule has 9 heteroatoms. The summed E-state index contributed by atoms with van der Waals surface area (Å²) in [7, 11) is 1.73. The Hall–Kier alpha value is -1.32. The number of halogens is 1. The number of amides is 3. The van der Waals surface area contributed by atoms with Gasteiger partial charge in [0.15, 0.2) is 0 Å². The molecule has 3 heterocycles. The SMILES string of the molecule is C=CCN(C)C(=O)[C@H]1[C@@H]2SC3(CC2Br)C(C(=O)N(CC=C)CCCC)N([C@@H](CO)C(C)C)C(=O)[C@H]13. The van der Waals surface area contributed by atoms with E-state index in [0.29, 0.717) is 26.1 Å². The third-order valence-corrected chi connectivity index (χ3v) is 11.0. The van der Waals surface area contributed by atoms with Crippen molar-refractivity contribution in [1.29, 1.82) is 0 Å². The van der Waals surface area contributed by atoms with Crippen LogP contribution in [0.25, 0.3) is 0 Å². The van der Waals surface area contributed by atoms with Crippen LogP contribution in [0.15, 0.2) is 25.3 Å². The number of aliphatic hydroxyl groups is 1. The van der Waals surface area contributed by atoms with E-state index < -0.39 is 28.7 Å². The van der Waals surface area contributed by atoms with Crippen LogP contribution in [0.4, 0.5) is 0 Å².